The van der Waals surface area contributed by atoms with Crippen molar-refractivity contribution in [2.45, 2.75) is 90.6 Å². The van der Waals surface area contributed by atoms with Crippen LogP contribution >= 0.6 is 0 Å². The first-order chi connectivity index (χ1) is 15.2. The molecular weight excluding hydrogens is 400 g/mol. The Balaban J connectivity index is 0.000000214. The van der Waals surface area contributed by atoms with Crippen LogP contribution in [0.4, 0.5) is 0 Å². The molecule has 0 aromatic heterocycles. The van der Waals surface area contributed by atoms with Gasteiger partial charge in [0.05, 0.1) is 24.9 Å². The highest BCUT2D eigenvalue weighted by molar-refractivity contribution is 4.69. The number of ether oxygens (including phenoxy) is 2. The molecule has 32 heavy (non-hydrogen) atoms. The largest absolute Gasteiger partial charge is 0.376 e. The van der Waals surface area contributed by atoms with Crippen LogP contribution < -0.4 is 0 Å². The van der Waals surface area contributed by atoms with Crippen molar-refractivity contribution in [3.63, 3.8) is 0 Å². The van der Waals surface area contributed by atoms with Gasteiger partial charge in [-0.15, -0.1) is 0 Å². The maximum Gasteiger partial charge on any atom is 0.0678 e. The number of likely N-dealkylation sites (tertiary alicyclic amines) is 2. The van der Waals surface area contributed by atoms with Crippen molar-refractivity contribution in [3.8, 4) is 0 Å². The van der Waals surface area contributed by atoms with E-state index in [0.29, 0.717) is 18.3 Å². The van der Waals surface area contributed by atoms with Crippen LogP contribution in [0.5, 0.6) is 0 Å². The highest BCUT2D eigenvalue weighted by Crippen LogP contribution is 2.13. The second kappa shape index (κ2) is 17.2. The third-order valence-electron chi connectivity index (χ3n) is 6.76. The molecule has 0 spiro atoms. The van der Waals surface area contributed by atoms with Crippen LogP contribution in [0.1, 0.15) is 66.2 Å². The molecule has 0 bridgehead atoms. The zero-order valence-corrected chi connectivity index (χ0v) is 22.8. The Kier molecular flexibility index (Phi) is 16.0. The molecule has 4 aliphatic rings. The minimum absolute atomic E-state index is 0.416. The van der Waals surface area contributed by atoms with Gasteiger partial charge in [-0.05, 0) is 101 Å². The van der Waals surface area contributed by atoms with E-state index in [1.54, 1.807) is 0 Å². The molecule has 4 heterocycles. The Morgan fingerprint density at radius 2 is 1.12 bits per heavy atom. The van der Waals surface area contributed by atoms with E-state index in [1.165, 1.54) is 58.2 Å². The van der Waals surface area contributed by atoms with E-state index < -0.39 is 0 Å². The number of likely N-dealkylation sites (N-methyl/N-ethyl adjacent to an activating group) is 2. The maximum atomic E-state index is 5.51. The van der Waals surface area contributed by atoms with Gasteiger partial charge < -0.3 is 29.1 Å². The average molecular weight is 457 g/mol. The van der Waals surface area contributed by atoms with E-state index in [1.807, 2.05) is 0 Å². The maximum absolute atomic E-state index is 5.51. The predicted molar refractivity (Wildman–Crippen MR) is 138 cm³/mol. The fraction of sp³-hybridized carbons (Fsp3) is 1.00. The van der Waals surface area contributed by atoms with Crippen LogP contribution in [0.25, 0.3) is 0 Å². The molecule has 0 radical (unpaired) electrons. The van der Waals surface area contributed by atoms with E-state index in [9.17, 15) is 0 Å². The summed E-state index contributed by atoms with van der Waals surface area (Å²) in [4.78, 5) is 9.42. The van der Waals surface area contributed by atoms with E-state index >= 15 is 0 Å². The van der Waals surface area contributed by atoms with E-state index in [-0.39, 0.29) is 0 Å². The predicted octanol–water partition coefficient (Wildman–Crippen LogP) is 3.66. The first kappa shape index (κ1) is 29.8. The first-order valence-corrected chi connectivity index (χ1v) is 13.2. The summed E-state index contributed by atoms with van der Waals surface area (Å²) in [7, 11) is 8.66. The minimum Gasteiger partial charge on any atom is -0.376 e. The number of morpholine rings is 2. The number of piperidine rings is 2. The molecule has 4 aliphatic heterocycles. The van der Waals surface area contributed by atoms with E-state index in [0.717, 1.165) is 38.8 Å². The Hall–Kier alpha value is -0.240. The third kappa shape index (κ3) is 14.8. The molecule has 4 atom stereocenters. The standard InChI is InChI=1S/C7H15NO.C7H15N.C6H13NO.C6H13N/c1-6-4-8(3)5-7(2)9-6;1-7-5-3-4-6-8(7)2;1-6-5-7(2)3-4-8-6;1-7-5-3-2-4-6-7/h6-7H,4-5H2,1-3H3;7H,3-6H2,1-2H3;6H,3-5H2,1-2H3;2-6H2,1H3/t6-,7+;7-;6-;/m.10./s1. The van der Waals surface area contributed by atoms with Gasteiger partial charge >= 0.3 is 0 Å². The van der Waals surface area contributed by atoms with Crippen molar-refractivity contribution in [2.75, 3.05) is 80.6 Å². The van der Waals surface area contributed by atoms with Gasteiger partial charge in [-0.2, -0.15) is 0 Å². The lowest BCUT2D eigenvalue weighted by Crippen LogP contribution is -2.42. The molecule has 6 nitrogen and oxygen atoms in total. The molecule has 0 saturated carbocycles. The van der Waals surface area contributed by atoms with Gasteiger partial charge in [-0.25, -0.2) is 0 Å². The number of nitrogens with zero attached hydrogens (tertiary/aromatic N) is 4. The molecule has 0 aliphatic carbocycles. The van der Waals surface area contributed by atoms with Crippen LogP contribution in [-0.4, -0.2) is 125 Å². The van der Waals surface area contributed by atoms with E-state index in [4.69, 9.17) is 9.47 Å². The Bertz CT molecular complexity index is 405. The smallest absolute Gasteiger partial charge is 0.0678 e. The van der Waals surface area contributed by atoms with Crippen molar-refractivity contribution < 1.29 is 9.47 Å². The second-order valence-electron chi connectivity index (χ2n) is 10.6. The van der Waals surface area contributed by atoms with Gasteiger partial charge in [0.2, 0.25) is 0 Å². The molecule has 6 heteroatoms. The molecule has 4 fully saturated rings. The molecule has 0 unspecified atom stereocenters. The summed E-state index contributed by atoms with van der Waals surface area (Å²) >= 11 is 0. The summed E-state index contributed by atoms with van der Waals surface area (Å²) in [5.74, 6) is 0. The van der Waals surface area contributed by atoms with Gasteiger partial charge in [-0.1, -0.05) is 12.8 Å². The van der Waals surface area contributed by atoms with E-state index in [2.05, 4.69) is 75.5 Å². The quantitative estimate of drug-likeness (QED) is 0.553. The summed E-state index contributed by atoms with van der Waals surface area (Å²) in [5.41, 5.74) is 0. The topological polar surface area (TPSA) is 31.4 Å². The molecule has 4 rings (SSSR count). The summed E-state index contributed by atoms with van der Waals surface area (Å²) in [5, 5.41) is 0. The minimum atomic E-state index is 0.416. The van der Waals surface area contributed by atoms with Gasteiger partial charge in [0.15, 0.2) is 0 Å². The third-order valence-corrected chi connectivity index (χ3v) is 6.76. The van der Waals surface area contributed by atoms with Crippen LogP contribution in [0.3, 0.4) is 0 Å². The molecule has 0 N–H and O–H groups in total. The molecular formula is C26H56N4O2. The number of rotatable bonds is 0. The number of hydrogen-bond donors (Lipinski definition) is 0. The highest BCUT2D eigenvalue weighted by atomic mass is 16.5. The lowest BCUT2D eigenvalue weighted by molar-refractivity contribution is -0.0602. The fourth-order valence-corrected chi connectivity index (χ4v) is 4.72. The normalized spacial score (nSPS) is 33.0. The number of hydrogen-bond acceptors (Lipinski definition) is 6. The monoisotopic (exact) mass is 456 g/mol. The average Bonchev–Trinajstić information content (AvgIpc) is 2.71. The summed E-state index contributed by atoms with van der Waals surface area (Å²) < 4.78 is 10.8. The van der Waals surface area contributed by atoms with Gasteiger partial charge in [0, 0.05) is 32.2 Å². The van der Waals surface area contributed by atoms with Crippen molar-refractivity contribution in [2.24, 2.45) is 0 Å². The van der Waals surface area contributed by atoms with Crippen molar-refractivity contribution in [1.82, 2.24) is 19.6 Å². The Morgan fingerprint density at radius 1 is 0.562 bits per heavy atom. The lowest BCUT2D eigenvalue weighted by atomic mass is 10.1. The zero-order chi connectivity index (χ0) is 23.9. The zero-order valence-electron chi connectivity index (χ0n) is 22.8. The second-order valence-corrected chi connectivity index (χ2v) is 10.6. The molecule has 192 valence electrons. The fourth-order valence-electron chi connectivity index (χ4n) is 4.72. The van der Waals surface area contributed by atoms with Gasteiger partial charge in [-0.3, -0.25) is 0 Å². The highest BCUT2D eigenvalue weighted by Gasteiger charge is 2.18. The summed E-state index contributed by atoms with van der Waals surface area (Å²) in [6.45, 7) is 17.8. The van der Waals surface area contributed by atoms with Gasteiger partial charge in [0.1, 0.15) is 0 Å². The molecule has 0 aromatic carbocycles. The van der Waals surface area contributed by atoms with Crippen LogP contribution in [0.15, 0.2) is 0 Å². The summed E-state index contributed by atoms with van der Waals surface area (Å²) in [6.07, 6.45) is 9.78. The van der Waals surface area contributed by atoms with Crippen molar-refractivity contribution in [3.05, 3.63) is 0 Å². The summed E-state index contributed by atoms with van der Waals surface area (Å²) in [6, 6.07) is 0.837. The molecule has 0 aromatic rings. The van der Waals surface area contributed by atoms with Gasteiger partial charge in [0.25, 0.3) is 0 Å². The molecule has 4 saturated heterocycles. The SMILES string of the molecule is CN1CCCCC1.C[C@@H]1CCCCN1C.C[C@@H]1CN(C)C[C@H](C)O1.C[C@H]1CN(C)CCO1. The first-order valence-electron chi connectivity index (χ1n) is 13.2. The van der Waals surface area contributed by atoms with Crippen LogP contribution in [-0.2, 0) is 9.47 Å². The molecule has 0 amide bonds. The van der Waals surface area contributed by atoms with Crippen molar-refractivity contribution in [1.29, 1.82) is 0 Å². The van der Waals surface area contributed by atoms with Crippen LogP contribution in [0, 0.1) is 0 Å². The Morgan fingerprint density at radius 3 is 1.47 bits per heavy atom. The van der Waals surface area contributed by atoms with Crippen LogP contribution in [0.2, 0.25) is 0 Å². The van der Waals surface area contributed by atoms with Crippen molar-refractivity contribution >= 4 is 0 Å². The lowest BCUT2D eigenvalue weighted by Gasteiger charge is -2.32. The Labute approximate surface area is 200 Å².